The second-order valence-corrected chi connectivity index (χ2v) is 8.79. The zero-order chi connectivity index (χ0) is 22.1. The molecule has 4 aromatic rings. The number of amides is 1. The average molecular weight is 428 g/mol. The van der Waals surface area contributed by atoms with Crippen molar-refractivity contribution in [3.8, 4) is 11.3 Å². The van der Waals surface area contributed by atoms with Gasteiger partial charge in [-0.25, -0.2) is 0 Å². The molecule has 0 spiro atoms. The number of hydrogen-bond acceptors (Lipinski definition) is 3. The van der Waals surface area contributed by atoms with Gasteiger partial charge in [0, 0.05) is 59.2 Å². The molecule has 0 radical (unpaired) electrons. The number of piperidine rings is 1. The first-order valence-electron chi connectivity index (χ1n) is 11.3. The summed E-state index contributed by atoms with van der Waals surface area (Å²) >= 11 is 0. The molecule has 1 fully saturated rings. The van der Waals surface area contributed by atoms with Crippen LogP contribution in [0.2, 0.25) is 0 Å². The van der Waals surface area contributed by atoms with Crippen molar-refractivity contribution in [1.29, 1.82) is 0 Å². The van der Waals surface area contributed by atoms with Crippen molar-refractivity contribution >= 4 is 22.5 Å². The number of anilines is 1. The summed E-state index contributed by atoms with van der Waals surface area (Å²) in [7, 11) is 1.97. The number of hydrogen-bond donors (Lipinski definition) is 2. The number of carbonyl (C=O) groups excluding carboxylic acids is 1. The summed E-state index contributed by atoms with van der Waals surface area (Å²) in [6.45, 7) is 4.74. The van der Waals surface area contributed by atoms with Gasteiger partial charge in [0.05, 0.1) is 12.1 Å². The third kappa shape index (κ3) is 4.18. The van der Waals surface area contributed by atoms with Crippen LogP contribution in [0.1, 0.15) is 24.1 Å². The molecule has 2 aromatic heterocycles. The fourth-order valence-electron chi connectivity index (χ4n) is 4.59. The number of para-hydroxylation sites is 1. The molecule has 1 aliphatic rings. The summed E-state index contributed by atoms with van der Waals surface area (Å²) in [6.07, 6.45) is 3.90. The summed E-state index contributed by atoms with van der Waals surface area (Å²) in [4.78, 5) is 18.9. The number of aromatic nitrogens is 3. The molecule has 2 N–H and O–H groups in total. The quantitative estimate of drug-likeness (QED) is 0.484. The minimum atomic E-state index is -0.00235. The van der Waals surface area contributed by atoms with Gasteiger partial charge in [-0.3, -0.25) is 14.4 Å². The van der Waals surface area contributed by atoms with E-state index in [1.807, 2.05) is 48.3 Å². The Bertz CT molecular complexity index is 1220. The Morgan fingerprint density at radius 2 is 2.06 bits per heavy atom. The van der Waals surface area contributed by atoms with Crippen molar-refractivity contribution < 1.29 is 4.79 Å². The molecular weight excluding hydrogens is 398 g/mol. The van der Waals surface area contributed by atoms with Crippen LogP contribution in [0.15, 0.2) is 60.8 Å². The maximum Gasteiger partial charge on any atom is 0.228 e. The topological polar surface area (TPSA) is 66.0 Å². The predicted octanol–water partition coefficient (Wildman–Crippen LogP) is 4.73. The Morgan fingerprint density at radius 1 is 1.19 bits per heavy atom. The normalized spacial score (nSPS) is 17.0. The molecule has 6 nitrogen and oxygen atoms in total. The fraction of sp³-hybridized carbons (Fsp3) is 0.308. The van der Waals surface area contributed by atoms with Crippen LogP contribution in [0.4, 0.5) is 5.69 Å². The SMILES string of the molecule is Cc1c(CN2CCCC(C(=O)Nc3cccc(-c4cc5ccccc5[nH]4)c3)C2)cnn1C. The van der Waals surface area contributed by atoms with E-state index in [-0.39, 0.29) is 11.8 Å². The molecule has 2 aromatic carbocycles. The number of H-pyrrole nitrogens is 1. The van der Waals surface area contributed by atoms with Crippen LogP contribution in [0.5, 0.6) is 0 Å². The molecule has 1 aliphatic heterocycles. The van der Waals surface area contributed by atoms with E-state index >= 15 is 0 Å². The van der Waals surface area contributed by atoms with E-state index in [9.17, 15) is 4.79 Å². The van der Waals surface area contributed by atoms with Gasteiger partial charge in [-0.1, -0.05) is 30.3 Å². The van der Waals surface area contributed by atoms with Crippen LogP contribution >= 0.6 is 0 Å². The monoisotopic (exact) mass is 427 g/mol. The molecule has 6 heteroatoms. The molecule has 1 saturated heterocycles. The summed E-state index contributed by atoms with van der Waals surface area (Å²) in [5, 5.41) is 8.69. The van der Waals surface area contributed by atoms with Gasteiger partial charge in [0.25, 0.3) is 0 Å². The number of carbonyl (C=O) groups is 1. The third-order valence-electron chi connectivity index (χ3n) is 6.58. The van der Waals surface area contributed by atoms with Gasteiger partial charge in [0.1, 0.15) is 0 Å². The van der Waals surface area contributed by atoms with E-state index in [0.717, 1.165) is 54.9 Å². The summed E-state index contributed by atoms with van der Waals surface area (Å²) in [6, 6.07) is 18.5. The number of nitrogens with one attached hydrogen (secondary N) is 2. The van der Waals surface area contributed by atoms with E-state index in [2.05, 4.69) is 51.5 Å². The maximum absolute atomic E-state index is 13.1. The summed E-state index contributed by atoms with van der Waals surface area (Å²) in [5.41, 5.74) is 6.49. The minimum Gasteiger partial charge on any atom is -0.355 e. The molecular formula is C26H29N5O. The molecule has 32 heavy (non-hydrogen) atoms. The summed E-state index contributed by atoms with van der Waals surface area (Å²) < 4.78 is 1.91. The number of aryl methyl sites for hydroxylation is 1. The lowest BCUT2D eigenvalue weighted by Crippen LogP contribution is -2.40. The molecule has 0 saturated carbocycles. The highest BCUT2D eigenvalue weighted by atomic mass is 16.1. The number of benzene rings is 2. The number of likely N-dealkylation sites (tertiary alicyclic amines) is 1. The van der Waals surface area contributed by atoms with E-state index < -0.39 is 0 Å². The Balaban J connectivity index is 1.26. The highest BCUT2D eigenvalue weighted by Gasteiger charge is 2.26. The number of aromatic amines is 1. The van der Waals surface area contributed by atoms with Crippen molar-refractivity contribution in [3.05, 3.63) is 72.1 Å². The van der Waals surface area contributed by atoms with Gasteiger partial charge >= 0.3 is 0 Å². The van der Waals surface area contributed by atoms with Crippen molar-refractivity contribution in [1.82, 2.24) is 19.7 Å². The molecule has 0 aliphatic carbocycles. The zero-order valence-electron chi connectivity index (χ0n) is 18.6. The highest BCUT2D eigenvalue weighted by Crippen LogP contribution is 2.27. The Morgan fingerprint density at radius 3 is 2.88 bits per heavy atom. The van der Waals surface area contributed by atoms with Crippen LogP contribution in [0.3, 0.4) is 0 Å². The van der Waals surface area contributed by atoms with Gasteiger partial charge < -0.3 is 10.3 Å². The van der Waals surface area contributed by atoms with Crippen LogP contribution in [0, 0.1) is 12.8 Å². The predicted molar refractivity (Wildman–Crippen MR) is 128 cm³/mol. The smallest absolute Gasteiger partial charge is 0.228 e. The van der Waals surface area contributed by atoms with Crippen LogP contribution < -0.4 is 5.32 Å². The molecule has 164 valence electrons. The van der Waals surface area contributed by atoms with E-state index in [1.54, 1.807) is 0 Å². The summed E-state index contributed by atoms with van der Waals surface area (Å²) in [5.74, 6) is 0.101. The van der Waals surface area contributed by atoms with Gasteiger partial charge in [-0.05, 0) is 50.6 Å². The molecule has 1 amide bonds. The Labute approximate surface area is 188 Å². The van der Waals surface area contributed by atoms with E-state index in [0.29, 0.717) is 0 Å². The largest absolute Gasteiger partial charge is 0.355 e. The van der Waals surface area contributed by atoms with Gasteiger partial charge in [0.15, 0.2) is 0 Å². The molecule has 3 heterocycles. The Hall–Kier alpha value is -3.38. The number of nitrogens with zero attached hydrogens (tertiary/aromatic N) is 3. The lowest BCUT2D eigenvalue weighted by Gasteiger charge is -2.31. The zero-order valence-corrected chi connectivity index (χ0v) is 18.6. The molecule has 0 bridgehead atoms. The van der Waals surface area contributed by atoms with E-state index in [4.69, 9.17) is 0 Å². The first kappa shape index (κ1) is 20.5. The van der Waals surface area contributed by atoms with Crippen molar-refractivity contribution in [2.45, 2.75) is 26.3 Å². The second-order valence-electron chi connectivity index (χ2n) is 8.79. The average Bonchev–Trinajstić information content (AvgIpc) is 3.38. The number of rotatable bonds is 5. The molecule has 5 rings (SSSR count). The first-order valence-corrected chi connectivity index (χ1v) is 11.3. The minimum absolute atomic E-state index is 0.00235. The number of fused-ring (bicyclic) bond motifs is 1. The van der Waals surface area contributed by atoms with E-state index in [1.165, 1.54) is 16.6 Å². The molecule has 1 atom stereocenters. The van der Waals surface area contributed by atoms with Crippen molar-refractivity contribution in [2.75, 3.05) is 18.4 Å². The maximum atomic E-state index is 13.1. The van der Waals surface area contributed by atoms with Crippen molar-refractivity contribution in [2.24, 2.45) is 13.0 Å². The van der Waals surface area contributed by atoms with Crippen LogP contribution in [-0.4, -0.2) is 38.7 Å². The van der Waals surface area contributed by atoms with Gasteiger partial charge in [-0.15, -0.1) is 0 Å². The second kappa shape index (κ2) is 8.63. The van der Waals surface area contributed by atoms with Crippen LogP contribution in [-0.2, 0) is 18.4 Å². The highest BCUT2D eigenvalue weighted by molar-refractivity contribution is 5.94. The lowest BCUT2D eigenvalue weighted by molar-refractivity contribution is -0.121. The Kier molecular flexibility index (Phi) is 5.53. The van der Waals surface area contributed by atoms with Crippen molar-refractivity contribution in [3.63, 3.8) is 0 Å². The van der Waals surface area contributed by atoms with Gasteiger partial charge in [-0.2, -0.15) is 5.10 Å². The lowest BCUT2D eigenvalue weighted by atomic mass is 9.96. The fourth-order valence-corrected chi connectivity index (χ4v) is 4.59. The van der Waals surface area contributed by atoms with Crippen LogP contribution in [0.25, 0.3) is 22.2 Å². The third-order valence-corrected chi connectivity index (χ3v) is 6.58. The standard InChI is InChI=1S/C26H29N5O/c1-18-22(15-27-30(18)2)17-31-12-6-9-21(16-31)26(32)28-23-10-5-8-19(13-23)25-14-20-7-3-4-11-24(20)29-25/h3-5,7-8,10-11,13-15,21,29H,6,9,12,16-17H2,1-2H3,(H,28,32). The molecule has 1 unspecified atom stereocenters. The van der Waals surface area contributed by atoms with Gasteiger partial charge in [0.2, 0.25) is 5.91 Å². The first-order chi connectivity index (χ1) is 15.6.